The van der Waals surface area contributed by atoms with Gasteiger partial charge in [-0.05, 0) is 0 Å². The number of halogens is 3. The summed E-state index contributed by atoms with van der Waals surface area (Å²) < 4.78 is 41.7. The second-order valence-corrected chi connectivity index (χ2v) is 4.39. The summed E-state index contributed by atoms with van der Waals surface area (Å²) in [5.41, 5.74) is -1.29. The van der Waals surface area contributed by atoms with Crippen molar-refractivity contribution in [1.29, 1.82) is 0 Å². The molecule has 1 saturated heterocycles. The number of alkyl halides is 3. The Morgan fingerprint density at radius 3 is 2.73 bits per heavy atom. The van der Waals surface area contributed by atoms with Crippen LogP contribution in [0.1, 0.15) is 16.3 Å². The molecule has 2 rings (SSSR count). The van der Waals surface area contributed by atoms with Crippen LogP contribution in [0, 0.1) is 0 Å². The van der Waals surface area contributed by atoms with Crippen molar-refractivity contribution in [3.05, 3.63) is 16.1 Å². The molecule has 0 aromatic carbocycles. The highest BCUT2D eigenvalue weighted by Crippen LogP contribution is 2.38. The molecule has 1 unspecified atom stereocenters. The van der Waals surface area contributed by atoms with E-state index in [1.165, 1.54) is 0 Å². The summed E-state index contributed by atoms with van der Waals surface area (Å²) in [7, 11) is 0. The van der Waals surface area contributed by atoms with Gasteiger partial charge in [-0.2, -0.15) is 13.2 Å². The molecule has 15 heavy (non-hydrogen) atoms. The third-order valence-electron chi connectivity index (χ3n) is 2.21. The first-order valence-electron chi connectivity index (χ1n) is 4.25. The van der Waals surface area contributed by atoms with E-state index < -0.39 is 16.8 Å². The quantitative estimate of drug-likeness (QED) is 0.812. The van der Waals surface area contributed by atoms with Gasteiger partial charge in [-0.3, -0.25) is 0 Å². The molecule has 2 heterocycles. The normalized spacial score (nSPS) is 27.2. The van der Waals surface area contributed by atoms with Crippen molar-refractivity contribution in [2.45, 2.75) is 18.2 Å². The van der Waals surface area contributed by atoms with E-state index in [4.69, 9.17) is 4.74 Å². The van der Waals surface area contributed by atoms with Gasteiger partial charge in [0.25, 0.3) is 0 Å². The fraction of sp³-hybridized carbons (Fsp3) is 0.625. The molecular formula is C8H8F3NO2S. The maximum Gasteiger partial charge on any atom is 0.443 e. The lowest BCUT2D eigenvalue weighted by molar-refractivity contribution is -0.137. The molecule has 1 aliphatic rings. The number of aromatic nitrogens is 1. The van der Waals surface area contributed by atoms with Crippen molar-refractivity contribution in [2.75, 3.05) is 13.2 Å². The number of rotatable bonds is 1. The predicted octanol–water partition coefficient (Wildman–Crippen LogP) is 1.77. The topological polar surface area (TPSA) is 42.4 Å². The highest BCUT2D eigenvalue weighted by atomic mass is 32.1. The minimum atomic E-state index is -4.45. The fourth-order valence-electron chi connectivity index (χ4n) is 1.37. The van der Waals surface area contributed by atoms with Crippen molar-refractivity contribution < 1.29 is 23.0 Å². The first-order chi connectivity index (χ1) is 6.92. The summed E-state index contributed by atoms with van der Waals surface area (Å²) in [6, 6.07) is 0. The van der Waals surface area contributed by atoms with E-state index in [0.717, 1.165) is 6.20 Å². The SMILES string of the molecule is OC1(c2cnc(C(F)(F)F)s2)CCOC1. The average molecular weight is 239 g/mol. The number of hydrogen-bond donors (Lipinski definition) is 1. The van der Waals surface area contributed by atoms with E-state index in [0.29, 0.717) is 24.4 Å². The van der Waals surface area contributed by atoms with Crippen LogP contribution in [0.3, 0.4) is 0 Å². The van der Waals surface area contributed by atoms with E-state index in [-0.39, 0.29) is 11.5 Å². The Hall–Kier alpha value is -0.660. The maximum absolute atomic E-state index is 12.2. The number of ether oxygens (including phenoxy) is 1. The molecule has 1 aromatic heterocycles. The standard InChI is InChI=1S/C8H8F3NO2S/c9-8(10,11)6-12-3-5(15-6)7(13)1-2-14-4-7/h3,13H,1-2,4H2. The number of nitrogens with zero attached hydrogens (tertiary/aromatic N) is 1. The van der Waals surface area contributed by atoms with Crippen molar-refractivity contribution >= 4 is 11.3 Å². The molecule has 1 N–H and O–H groups in total. The minimum Gasteiger partial charge on any atom is -0.382 e. The molecule has 0 amide bonds. The first-order valence-corrected chi connectivity index (χ1v) is 5.07. The van der Waals surface area contributed by atoms with E-state index in [9.17, 15) is 18.3 Å². The zero-order chi connectivity index (χ0) is 11.1. The van der Waals surface area contributed by atoms with Gasteiger partial charge in [0.2, 0.25) is 0 Å². The predicted molar refractivity (Wildman–Crippen MR) is 46.4 cm³/mol. The van der Waals surface area contributed by atoms with Gasteiger partial charge in [-0.1, -0.05) is 0 Å². The molecule has 84 valence electrons. The Labute approximate surface area is 87.5 Å². The molecule has 1 aromatic rings. The number of aliphatic hydroxyl groups is 1. The van der Waals surface area contributed by atoms with Crippen molar-refractivity contribution in [3.63, 3.8) is 0 Å². The van der Waals surface area contributed by atoms with Crippen LogP contribution in [-0.2, 0) is 16.5 Å². The second-order valence-electron chi connectivity index (χ2n) is 3.36. The van der Waals surface area contributed by atoms with Gasteiger partial charge in [0.1, 0.15) is 5.60 Å². The summed E-state index contributed by atoms with van der Waals surface area (Å²) >= 11 is 0.470. The van der Waals surface area contributed by atoms with E-state index in [2.05, 4.69) is 4.98 Å². The third-order valence-corrected chi connectivity index (χ3v) is 3.44. The van der Waals surface area contributed by atoms with Gasteiger partial charge in [-0.25, -0.2) is 4.98 Å². The number of hydrogen-bond acceptors (Lipinski definition) is 4. The second kappa shape index (κ2) is 3.43. The van der Waals surface area contributed by atoms with Crippen LogP contribution in [0.5, 0.6) is 0 Å². The Morgan fingerprint density at radius 1 is 1.53 bits per heavy atom. The van der Waals surface area contributed by atoms with Crippen molar-refractivity contribution in [3.8, 4) is 0 Å². The summed E-state index contributed by atoms with van der Waals surface area (Å²) in [4.78, 5) is 3.47. The Bertz CT molecular complexity index is 357. The maximum atomic E-state index is 12.2. The lowest BCUT2D eigenvalue weighted by atomic mass is 10.0. The third kappa shape index (κ3) is 1.99. The van der Waals surface area contributed by atoms with Gasteiger partial charge in [0, 0.05) is 19.2 Å². The molecule has 0 aliphatic carbocycles. The fourth-order valence-corrected chi connectivity index (χ4v) is 2.25. The zero-order valence-corrected chi connectivity index (χ0v) is 8.36. The minimum absolute atomic E-state index is 0.0342. The van der Waals surface area contributed by atoms with Crippen LogP contribution in [0.15, 0.2) is 6.20 Å². The highest BCUT2D eigenvalue weighted by Gasteiger charge is 2.40. The molecule has 7 heteroatoms. The summed E-state index contributed by atoms with van der Waals surface area (Å²) in [6.45, 7) is 0.391. The van der Waals surface area contributed by atoms with Gasteiger partial charge in [0.05, 0.1) is 11.5 Å². The van der Waals surface area contributed by atoms with Crippen LogP contribution in [0.25, 0.3) is 0 Å². The molecule has 1 fully saturated rings. The van der Waals surface area contributed by atoms with E-state index in [1.54, 1.807) is 0 Å². The molecule has 1 atom stereocenters. The molecule has 3 nitrogen and oxygen atoms in total. The highest BCUT2D eigenvalue weighted by molar-refractivity contribution is 7.11. The van der Waals surface area contributed by atoms with Crippen LogP contribution in [-0.4, -0.2) is 23.3 Å². The van der Waals surface area contributed by atoms with Gasteiger partial charge < -0.3 is 9.84 Å². The Balaban J connectivity index is 2.27. The molecule has 0 radical (unpaired) electrons. The van der Waals surface area contributed by atoms with E-state index in [1.807, 2.05) is 0 Å². The monoisotopic (exact) mass is 239 g/mol. The van der Waals surface area contributed by atoms with E-state index >= 15 is 0 Å². The van der Waals surface area contributed by atoms with Crippen LogP contribution in [0.4, 0.5) is 13.2 Å². The Morgan fingerprint density at radius 2 is 2.27 bits per heavy atom. The largest absolute Gasteiger partial charge is 0.443 e. The Kier molecular flexibility index (Phi) is 2.48. The lowest BCUT2D eigenvalue weighted by Crippen LogP contribution is -2.24. The lowest BCUT2D eigenvalue weighted by Gasteiger charge is -2.17. The van der Waals surface area contributed by atoms with Crippen LogP contribution < -0.4 is 0 Å². The van der Waals surface area contributed by atoms with Gasteiger partial charge in [-0.15, -0.1) is 11.3 Å². The number of thiazole rings is 1. The first kappa shape index (κ1) is 10.8. The summed E-state index contributed by atoms with van der Waals surface area (Å²) in [5.74, 6) is 0. The molecule has 0 saturated carbocycles. The van der Waals surface area contributed by atoms with Gasteiger partial charge in [0.15, 0.2) is 5.01 Å². The summed E-state index contributed by atoms with van der Waals surface area (Å²) in [6.07, 6.45) is -3.06. The smallest absolute Gasteiger partial charge is 0.382 e. The van der Waals surface area contributed by atoms with Crippen molar-refractivity contribution in [1.82, 2.24) is 4.98 Å². The zero-order valence-electron chi connectivity index (χ0n) is 7.54. The van der Waals surface area contributed by atoms with Crippen molar-refractivity contribution in [2.24, 2.45) is 0 Å². The van der Waals surface area contributed by atoms with Gasteiger partial charge >= 0.3 is 6.18 Å². The van der Waals surface area contributed by atoms with Crippen LogP contribution in [0.2, 0.25) is 0 Å². The molecular weight excluding hydrogens is 231 g/mol. The summed E-state index contributed by atoms with van der Waals surface area (Å²) in [5, 5.41) is 8.99. The molecule has 0 spiro atoms. The molecule has 0 bridgehead atoms. The average Bonchev–Trinajstić information content (AvgIpc) is 2.69. The van der Waals surface area contributed by atoms with Crippen LogP contribution >= 0.6 is 11.3 Å². The molecule has 1 aliphatic heterocycles.